The van der Waals surface area contributed by atoms with Crippen molar-refractivity contribution in [1.82, 2.24) is 9.88 Å². The SMILES string of the molecule is CC(C)(O)CN1Cc2ncc(Br)cc2C1=O. The zero-order chi connectivity index (χ0) is 11.9. The summed E-state index contributed by atoms with van der Waals surface area (Å²) in [5, 5.41) is 9.71. The Morgan fingerprint density at radius 2 is 2.31 bits per heavy atom. The summed E-state index contributed by atoms with van der Waals surface area (Å²) in [5.74, 6) is -0.0640. The van der Waals surface area contributed by atoms with E-state index >= 15 is 0 Å². The van der Waals surface area contributed by atoms with E-state index in [2.05, 4.69) is 20.9 Å². The number of β-amino-alcohol motifs (C(OH)–C–C–N with tert-alkyl or cyclic N) is 1. The van der Waals surface area contributed by atoms with Gasteiger partial charge in [0.15, 0.2) is 0 Å². The lowest BCUT2D eigenvalue weighted by Gasteiger charge is -2.24. The van der Waals surface area contributed by atoms with Crippen LogP contribution in [0, 0.1) is 0 Å². The van der Waals surface area contributed by atoms with E-state index < -0.39 is 5.60 Å². The van der Waals surface area contributed by atoms with Crippen LogP contribution in [0.2, 0.25) is 0 Å². The van der Waals surface area contributed by atoms with Crippen molar-refractivity contribution < 1.29 is 9.90 Å². The van der Waals surface area contributed by atoms with E-state index in [9.17, 15) is 9.90 Å². The van der Waals surface area contributed by atoms with Crippen LogP contribution in [-0.4, -0.2) is 33.0 Å². The molecule has 0 spiro atoms. The molecule has 4 nitrogen and oxygen atoms in total. The fourth-order valence-electron chi connectivity index (χ4n) is 1.80. The average molecular weight is 285 g/mol. The quantitative estimate of drug-likeness (QED) is 0.897. The zero-order valence-electron chi connectivity index (χ0n) is 9.20. The molecule has 1 aromatic rings. The van der Waals surface area contributed by atoms with E-state index in [1.807, 2.05) is 0 Å². The summed E-state index contributed by atoms with van der Waals surface area (Å²) in [6.45, 7) is 4.17. The van der Waals surface area contributed by atoms with Gasteiger partial charge in [-0.3, -0.25) is 9.78 Å². The van der Waals surface area contributed by atoms with Crippen molar-refractivity contribution in [3.63, 3.8) is 0 Å². The Balaban J connectivity index is 2.25. The molecular formula is C11H13BrN2O2. The summed E-state index contributed by atoms with van der Waals surface area (Å²) < 4.78 is 0.796. The van der Waals surface area contributed by atoms with Crippen LogP contribution in [0.15, 0.2) is 16.7 Å². The highest BCUT2D eigenvalue weighted by atomic mass is 79.9. The number of amides is 1. The third-order valence-electron chi connectivity index (χ3n) is 2.37. The smallest absolute Gasteiger partial charge is 0.256 e. The van der Waals surface area contributed by atoms with Crippen molar-refractivity contribution in [2.24, 2.45) is 0 Å². The van der Waals surface area contributed by atoms with Gasteiger partial charge in [-0.05, 0) is 35.8 Å². The van der Waals surface area contributed by atoms with Crippen molar-refractivity contribution >= 4 is 21.8 Å². The van der Waals surface area contributed by atoms with Crippen molar-refractivity contribution in [3.8, 4) is 0 Å². The molecule has 1 N–H and O–H groups in total. The fraction of sp³-hybridized carbons (Fsp3) is 0.455. The van der Waals surface area contributed by atoms with Gasteiger partial charge in [0.1, 0.15) is 0 Å². The van der Waals surface area contributed by atoms with Crippen molar-refractivity contribution in [2.75, 3.05) is 6.54 Å². The van der Waals surface area contributed by atoms with Crippen LogP contribution in [0.1, 0.15) is 29.9 Å². The number of hydrogen-bond acceptors (Lipinski definition) is 3. The Kier molecular flexibility index (Phi) is 2.75. The molecule has 0 aromatic carbocycles. The first kappa shape index (κ1) is 11.5. The van der Waals surface area contributed by atoms with E-state index in [4.69, 9.17) is 0 Å². The lowest BCUT2D eigenvalue weighted by Crippen LogP contribution is -2.38. The van der Waals surface area contributed by atoms with E-state index in [0.717, 1.165) is 10.2 Å². The average Bonchev–Trinajstić information content (AvgIpc) is 2.42. The summed E-state index contributed by atoms with van der Waals surface area (Å²) in [7, 11) is 0. The first-order valence-corrected chi connectivity index (χ1v) is 5.82. The maximum atomic E-state index is 12.0. The number of rotatable bonds is 2. The van der Waals surface area contributed by atoms with Gasteiger partial charge in [-0.15, -0.1) is 0 Å². The van der Waals surface area contributed by atoms with E-state index in [0.29, 0.717) is 18.7 Å². The van der Waals surface area contributed by atoms with Crippen LogP contribution in [0.25, 0.3) is 0 Å². The van der Waals surface area contributed by atoms with Crippen LogP contribution in [0.3, 0.4) is 0 Å². The summed E-state index contributed by atoms with van der Waals surface area (Å²) in [5.41, 5.74) is 0.519. The Morgan fingerprint density at radius 3 is 2.94 bits per heavy atom. The molecule has 0 bridgehead atoms. The van der Waals surface area contributed by atoms with Gasteiger partial charge in [0.25, 0.3) is 5.91 Å². The Morgan fingerprint density at radius 1 is 1.62 bits per heavy atom. The standard InChI is InChI=1S/C11H13BrN2O2/c1-11(2,16)6-14-5-9-8(10(14)15)3-7(12)4-13-9/h3-4,16H,5-6H2,1-2H3. The number of carbonyl (C=O) groups is 1. The number of aromatic nitrogens is 1. The van der Waals surface area contributed by atoms with Crippen molar-refractivity contribution in [2.45, 2.75) is 26.0 Å². The second kappa shape index (κ2) is 3.82. The largest absolute Gasteiger partial charge is 0.389 e. The van der Waals surface area contributed by atoms with Gasteiger partial charge in [-0.1, -0.05) is 0 Å². The van der Waals surface area contributed by atoms with Crippen molar-refractivity contribution in [3.05, 3.63) is 28.0 Å². The Hall–Kier alpha value is -0.940. The predicted molar refractivity (Wildman–Crippen MR) is 63.0 cm³/mol. The molecule has 1 aromatic heterocycles. The number of halogens is 1. The van der Waals surface area contributed by atoms with Gasteiger partial charge >= 0.3 is 0 Å². The van der Waals surface area contributed by atoms with E-state index in [1.54, 1.807) is 31.0 Å². The van der Waals surface area contributed by atoms with Gasteiger partial charge in [0, 0.05) is 17.2 Å². The first-order valence-electron chi connectivity index (χ1n) is 5.03. The molecule has 0 saturated heterocycles. The third kappa shape index (κ3) is 2.25. The predicted octanol–water partition coefficient (Wildman–Crippen LogP) is 1.57. The maximum absolute atomic E-state index is 12.0. The third-order valence-corrected chi connectivity index (χ3v) is 2.81. The molecule has 0 unspecified atom stereocenters. The van der Waals surface area contributed by atoms with Crippen LogP contribution in [0.5, 0.6) is 0 Å². The fourth-order valence-corrected chi connectivity index (χ4v) is 2.13. The molecule has 2 rings (SSSR count). The van der Waals surface area contributed by atoms with Crippen LogP contribution >= 0.6 is 15.9 Å². The number of hydrogen-bond donors (Lipinski definition) is 1. The molecule has 0 saturated carbocycles. The van der Waals surface area contributed by atoms with Crippen LogP contribution in [0.4, 0.5) is 0 Å². The highest BCUT2D eigenvalue weighted by molar-refractivity contribution is 9.10. The Bertz CT molecular complexity index is 440. The first-order chi connectivity index (χ1) is 7.37. The van der Waals surface area contributed by atoms with E-state index in [-0.39, 0.29) is 5.91 Å². The molecule has 0 atom stereocenters. The Labute approximate surface area is 102 Å². The molecule has 2 heterocycles. The topological polar surface area (TPSA) is 53.4 Å². The number of nitrogens with zero attached hydrogens (tertiary/aromatic N) is 2. The number of pyridine rings is 1. The summed E-state index contributed by atoms with van der Waals surface area (Å²) >= 11 is 3.29. The zero-order valence-corrected chi connectivity index (χ0v) is 10.8. The van der Waals surface area contributed by atoms with Gasteiger partial charge < -0.3 is 10.0 Å². The monoisotopic (exact) mass is 284 g/mol. The molecule has 5 heteroatoms. The number of carbonyl (C=O) groups excluding carboxylic acids is 1. The lowest BCUT2D eigenvalue weighted by atomic mass is 10.1. The van der Waals surface area contributed by atoms with Gasteiger partial charge in [0.05, 0.1) is 23.4 Å². The van der Waals surface area contributed by atoms with Crippen LogP contribution < -0.4 is 0 Å². The minimum atomic E-state index is -0.880. The second-order valence-corrected chi connectivity index (χ2v) is 5.54. The molecule has 1 amide bonds. The lowest BCUT2D eigenvalue weighted by molar-refractivity contribution is 0.0312. The van der Waals surface area contributed by atoms with Gasteiger partial charge in [-0.2, -0.15) is 0 Å². The van der Waals surface area contributed by atoms with Crippen LogP contribution in [-0.2, 0) is 6.54 Å². The maximum Gasteiger partial charge on any atom is 0.256 e. The van der Waals surface area contributed by atoms with E-state index in [1.165, 1.54) is 0 Å². The normalized spacial score (nSPS) is 15.5. The number of fused-ring (bicyclic) bond motifs is 1. The minimum absolute atomic E-state index is 0.0640. The highest BCUT2D eigenvalue weighted by Gasteiger charge is 2.31. The molecule has 1 aliphatic heterocycles. The van der Waals surface area contributed by atoms with Gasteiger partial charge in [0.2, 0.25) is 0 Å². The second-order valence-electron chi connectivity index (χ2n) is 4.62. The summed E-state index contributed by atoms with van der Waals surface area (Å²) in [4.78, 5) is 17.8. The number of aliphatic hydroxyl groups is 1. The molecule has 1 aliphatic rings. The molecule has 0 radical (unpaired) electrons. The molecule has 86 valence electrons. The van der Waals surface area contributed by atoms with Gasteiger partial charge in [-0.25, -0.2) is 0 Å². The minimum Gasteiger partial charge on any atom is -0.389 e. The molecular weight excluding hydrogens is 272 g/mol. The summed E-state index contributed by atoms with van der Waals surface area (Å²) in [6, 6.07) is 1.77. The summed E-state index contributed by atoms with van der Waals surface area (Å²) in [6.07, 6.45) is 1.68. The molecule has 16 heavy (non-hydrogen) atoms. The molecule has 0 aliphatic carbocycles. The highest BCUT2D eigenvalue weighted by Crippen LogP contribution is 2.24. The van der Waals surface area contributed by atoms with Crippen molar-refractivity contribution in [1.29, 1.82) is 0 Å². The molecule has 0 fully saturated rings.